The summed E-state index contributed by atoms with van der Waals surface area (Å²) < 4.78 is 40.0. The van der Waals surface area contributed by atoms with E-state index in [1.54, 1.807) is 0 Å². The molecule has 1 saturated heterocycles. The van der Waals surface area contributed by atoms with Gasteiger partial charge in [-0.3, -0.25) is 9.64 Å². The number of hydrogen-bond donors (Lipinski definition) is 1. The largest absolute Gasteiger partial charge is 0.522 e. The van der Waals surface area contributed by atoms with Gasteiger partial charge in [-0.05, 0) is 25.2 Å². The van der Waals surface area contributed by atoms with Gasteiger partial charge in [0.05, 0.1) is 6.61 Å². The Bertz CT molecular complexity index is 282. The fourth-order valence-electron chi connectivity index (χ4n) is 2.92. The van der Waals surface area contributed by atoms with Gasteiger partial charge >= 0.3 is 6.36 Å². The Morgan fingerprint density at radius 1 is 1.32 bits per heavy atom. The topological polar surface area (TPSA) is 24.5 Å². The summed E-state index contributed by atoms with van der Waals surface area (Å²) in [6, 6.07) is 0.802. The lowest BCUT2D eigenvalue weighted by atomic mass is 10.0. The lowest BCUT2D eigenvalue weighted by Crippen LogP contribution is -2.58. The zero-order valence-corrected chi connectivity index (χ0v) is 11.4. The first-order chi connectivity index (χ1) is 8.99. The van der Waals surface area contributed by atoms with Crippen molar-refractivity contribution in [2.75, 3.05) is 26.2 Å². The quantitative estimate of drug-likeness (QED) is 0.808. The maximum Gasteiger partial charge on any atom is 0.522 e. The molecule has 1 aliphatic heterocycles. The second-order valence-corrected chi connectivity index (χ2v) is 5.59. The summed E-state index contributed by atoms with van der Waals surface area (Å²) in [7, 11) is 0. The van der Waals surface area contributed by atoms with Crippen LogP contribution in [0.25, 0.3) is 0 Å². The van der Waals surface area contributed by atoms with E-state index < -0.39 is 6.36 Å². The summed E-state index contributed by atoms with van der Waals surface area (Å²) in [6.45, 7) is 4.00. The van der Waals surface area contributed by atoms with Gasteiger partial charge in [-0.15, -0.1) is 13.2 Å². The molecule has 2 fully saturated rings. The van der Waals surface area contributed by atoms with E-state index >= 15 is 0 Å². The summed E-state index contributed by atoms with van der Waals surface area (Å²) in [4.78, 5) is 2.19. The van der Waals surface area contributed by atoms with Crippen LogP contribution in [0, 0.1) is 5.92 Å². The summed E-state index contributed by atoms with van der Waals surface area (Å²) in [5.41, 5.74) is 0. The van der Waals surface area contributed by atoms with Crippen LogP contribution in [-0.4, -0.2) is 49.6 Å². The summed E-state index contributed by atoms with van der Waals surface area (Å²) in [5, 5.41) is 3.52. The van der Waals surface area contributed by atoms with Crippen molar-refractivity contribution in [1.82, 2.24) is 10.2 Å². The van der Waals surface area contributed by atoms with Gasteiger partial charge in [0.25, 0.3) is 0 Å². The summed E-state index contributed by atoms with van der Waals surface area (Å²) in [5.74, 6) is 0.668. The molecule has 0 bridgehead atoms. The van der Waals surface area contributed by atoms with E-state index in [0.717, 1.165) is 25.9 Å². The van der Waals surface area contributed by atoms with E-state index in [1.807, 2.05) is 0 Å². The van der Waals surface area contributed by atoms with Gasteiger partial charge in [0.2, 0.25) is 0 Å². The standard InChI is InChI=1S/C13H23F3N2O/c1-2-3-11-9-18(6-7-19-13(14,15)16)12(8-17-11)10-4-5-10/h10-12,17H,2-9H2,1H3. The van der Waals surface area contributed by atoms with E-state index in [-0.39, 0.29) is 6.61 Å². The average Bonchev–Trinajstić information content (AvgIpc) is 3.12. The molecule has 2 rings (SSSR count). The maximum absolute atomic E-state index is 12.0. The van der Waals surface area contributed by atoms with Crippen LogP contribution < -0.4 is 5.32 Å². The second-order valence-electron chi connectivity index (χ2n) is 5.59. The molecule has 2 unspecified atom stereocenters. The normalized spacial score (nSPS) is 29.7. The zero-order valence-electron chi connectivity index (χ0n) is 11.4. The Labute approximate surface area is 112 Å². The Balaban J connectivity index is 1.81. The molecule has 1 saturated carbocycles. The number of hydrogen-bond acceptors (Lipinski definition) is 3. The molecule has 0 amide bonds. The third kappa shape index (κ3) is 4.93. The number of ether oxygens (including phenoxy) is 1. The fraction of sp³-hybridized carbons (Fsp3) is 1.00. The predicted molar refractivity (Wildman–Crippen MR) is 66.8 cm³/mol. The molecule has 19 heavy (non-hydrogen) atoms. The van der Waals surface area contributed by atoms with Crippen LogP contribution in [0.3, 0.4) is 0 Å². The second kappa shape index (κ2) is 6.41. The summed E-state index contributed by atoms with van der Waals surface area (Å²) >= 11 is 0. The van der Waals surface area contributed by atoms with Crippen molar-refractivity contribution in [2.45, 2.75) is 51.1 Å². The predicted octanol–water partition coefficient (Wildman–Crippen LogP) is 2.38. The number of nitrogens with one attached hydrogen (secondary N) is 1. The Morgan fingerprint density at radius 3 is 2.63 bits per heavy atom. The highest BCUT2D eigenvalue weighted by Crippen LogP contribution is 2.36. The Kier molecular flexibility index (Phi) is 5.09. The third-order valence-electron chi connectivity index (χ3n) is 3.99. The van der Waals surface area contributed by atoms with Gasteiger partial charge in [-0.2, -0.15) is 0 Å². The zero-order chi connectivity index (χ0) is 13.9. The molecule has 3 nitrogen and oxygen atoms in total. The minimum Gasteiger partial charge on any atom is -0.311 e. The van der Waals surface area contributed by atoms with Crippen LogP contribution >= 0.6 is 0 Å². The molecule has 0 aromatic rings. The molecule has 0 spiro atoms. The Hall–Kier alpha value is -0.330. The van der Waals surface area contributed by atoms with E-state index in [1.165, 1.54) is 12.8 Å². The van der Waals surface area contributed by atoms with E-state index in [9.17, 15) is 13.2 Å². The molecule has 1 aliphatic carbocycles. The molecular weight excluding hydrogens is 257 g/mol. The van der Waals surface area contributed by atoms with Crippen molar-refractivity contribution in [1.29, 1.82) is 0 Å². The number of halogens is 3. The molecule has 2 aliphatic rings. The molecule has 2 atom stereocenters. The maximum atomic E-state index is 12.0. The first kappa shape index (κ1) is 15.1. The SMILES string of the molecule is CCCC1CN(CCOC(F)(F)F)C(C2CC2)CN1. The van der Waals surface area contributed by atoms with Crippen molar-refractivity contribution in [2.24, 2.45) is 5.92 Å². The highest BCUT2D eigenvalue weighted by Gasteiger charge is 2.39. The molecular formula is C13H23F3N2O. The van der Waals surface area contributed by atoms with Gasteiger partial charge in [0, 0.05) is 31.7 Å². The fourth-order valence-corrected chi connectivity index (χ4v) is 2.92. The van der Waals surface area contributed by atoms with Gasteiger partial charge in [-0.1, -0.05) is 13.3 Å². The van der Waals surface area contributed by atoms with Gasteiger partial charge in [-0.25, -0.2) is 0 Å². The molecule has 6 heteroatoms. The monoisotopic (exact) mass is 280 g/mol. The van der Waals surface area contributed by atoms with Gasteiger partial charge in [0.15, 0.2) is 0 Å². The average molecular weight is 280 g/mol. The lowest BCUT2D eigenvalue weighted by molar-refractivity contribution is -0.325. The van der Waals surface area contributed by atoms with Crippen LogP contribution in [-0.2, 0) is 4.74 Å². The van der Waals surface area contributed by atoms with Crippen molar-refractivity contribution in [3.05, 3.63) is 0 Å². The van der Waals surface area contributed by atoms with E-state index in [0.29, 0.717) is 24.5 Å². The molecule has 0 radical (unpaired) electrons. The molecule has 112 valence electrons. The molecule has 0 aromatic heterocycles. The number of rotatable bonds is 6. The number of piperazine rings is 1. The molecule has 0 aromatic carbocycles. The van der Waals surface area contributed by atoms with Crippen molar-refractivity contribution < 1.29 is 17.9 Å². The van der Waals surface area contributed by atoms with Crippen LogP contribution in [0.15, 0.2) is 0 Å². The van der Waals surface area contributed by atoms with Crippen LogP contribution in [0.5, 0.6) is 0 Å². The number of alkyl halides is 3. The van der Waals surface area contributed by atoms with Gasteiger partial charge in [0.1, 0.15) is 0 Å². The number of nitrogens with zero attached hydrogens (tertiary/aromatic N) is 1. The third-order valence-corrected chi connectivity index (χ3v) is 3.99. The van der Waals surface area contributed by atoms with Gasteiger partial charge < -0.3 is 5.32 Å². The van der Waals surface area contributed by atoms with Crippen LogP contribution in [0.1, 0.15) is 32.6 Å². The van der Waals surface area contributed by atoms with Crippen molar-refractivity contribution in [3.8, 4) is 0 Å². The van der Waals surface area contributed by atoms with Crippen LogP contribution in [0.2, 0.25) is 0 Å². The van der Waals surface area contributed by atoms with Crippen molar-refractivity contribution in [3.63, 3.8) is 0 Å². The highest BCUT2D eigenvalue weighted by molar-refractivity contribution is 4.94. The molecule has 1 heterocycles. The lowest BCUT2D eigenvalue weighted by Gasteiger charge is -2.40. The van der Waals surface area contributed by atoms with E-state index in [4.69, 9.17) is 0 Å². The highest BCUT2D eigenvalue weighted by atomic mass is 19.4. The minimum atomic E-state index is -4.51. The first-order valence-electron chi connectivity index (χ1n) is 7.17. The smallest absolute Gasteiger partial charge is 0.311 e. The first-order valence-corrected chi connectivity index (χ1v) is 7.17. The molecule has 1 N–H and O–H groups in total. The van der Waals surface area contributed by atoms with Crippen molar-refractivity contribution >= 4 is 0 Å². The summed E-state index contributed by atoms with van der Waals surface area (Å²) in [6.07, 6.45) is 0.0848. The Morgan fingerprint density at radius 2 is 2.05 bits per heavy atom. The van der Waals surface area contributed by atoms with E-state index in [2.05, 4.69) is 21.9 Å². The van der Waals surface area contributed by atoms with Crippen LogP contribution in [0.4, 0.5) is 13.2 Å². The minimum absolute atomic E-state index is 0.258.